The van der Waals surface area contributed by atoms with Crippen LogP contribution in [0.4, 0.5) is 0 Å². The van der Waals surface area contributed by atoms with Crippen molar-refractivity contribution >= 4 is 17.7 Å². The Morgan fingerprint density at radius 1 is 1.00 bits per heavy atom. The van der Waals surface area contributed by atoms with E-state index in [2.05, 4.69) is 17.5 Å². The summed E-state index contributed by atoms with van der Waals surface area (Å²) in [5.41, 5.74) is 0.917. The molecule has 2 aromatic rings. The highest BCUT2D eigenvalue weighted by atomic mass is 16.3. The number of hydrogen-bond acceptors (Lipinski definition) is 4. The molecule has 0 spiro atoms. The zero-order chi connectivity index (χ0) is 21.1. The Balaban J connectivity index is 1.30. The quantitative estimate of drug-likeness (QED) is 0.580. The van der Waals surface area contributed by atoms with Crippen LogP contribution in [0.5, 0.6) is 0 Å². The highest BCUT2D eigenvalue weighted by Crippen LogP contribution is 2.65. The number of carbonyl (C=O) groups is 3. The molecule has 1 N–H and O–H groups in total. The summed E-state index contributed by atoms with van der Waals surface area (Å²) in [4.78, 5) is 41.6. The number of imide groups is 1. The van der Waals surface area contributed by atoms with E-state index in [0.29, 0.717) is 24.0 Å². The maximum atomic E-state index is 13.5. The Kier molecular flexibility index (Phi) is 4.16. The third-order valence-electron chi connectivity index (χ3n) is 7.60. The first-order valence-electron chi connectivity index (χ1n) is 11.0. The van der Waals surface area contributed by atoms with Crippen LogP contribution in [0, 0.1) is 35.5 Å². The first kappa shape index (κ1) is 18.6. The summed E-state index contributed by atoms with van der Waals surface area (Å²) in [6.07, 6.45) is 7.27. The minimum absolute atomic E-state index is 0.144. The molecule has 3 amide bonds. The van der Waals surface area contributed by atoms with Gasteiger partial charge in [0.25, 0.3) is 0 Å². The van der Waals surface area contributed by atoms with Gasteiger partial charge in [-0.1, -0.05) is 42.5 Å². The van der Waals surface area contributed by atoms with Gasteiger partial charge < -0.3 is 9.73 Å². The van der Waals surface area contributed by atoms with Crippen LogP contribution in [-0.2, 0) is 27.3 Å². The summed E-state index contributed by atoms with van der Waals surface area (Å²) in [6, 6.07) is 12.2. The van der Waals surface area contributed by atoms with E-state index in [1.807, 2.05) is 30.3 Å². The van der Waals surface area contributed by atoms with Crippen molar-refractivity contribution in [2.75, 3.05) is 0 Å². The standard InChI is InChI=1S/C25H24N2O4/c28-23(26-13-15-7-4-10-31-15)20(11-14-5-2-1-3-6-14)27-24(29)21-16-8-9-17(19-12-18(16)19)22(21)25(27)30/h1-10,16-22H,11-13H2,(H,26,28)/t16-,17-,18-,19+,20-,21-,22+/m0/s1. The number of furan rings is 1. The average Bonchev–Trinajstić information content (AvgIpc) is 3.38. The largest absolute Gasteiger partial charge is 0.467 e. The molecule has 158 valence electrons. The number of allylic oxidation sites excluding steroid dienone is 2. The number of nitrogens with one attached hydrogen (secondary N) is 1. The highest BCUT2D eigenvalue weighted by Gasteiger charge is 2.67. The van der Waals surface area contributed by atoms with E-state index in [9.17, 15) is 14.4 Å². The summed E-state index contributed by atoms with van der Waals surface area (Å²) < 4.78 is 5.31. The van der Waals surface area contributed by atoms with E-state index >= 15 is 0 Å². The Bertz CT molecular complexity index is 1020. The minimum atomic E-state index is -0.862. The number of rotatable bonds is 6. The summed E-state index contributed by atoms with van der Waals surface area (Å²) in [5.74, 6) is 0.705. The summed E-state index contributed by atoms with van der Waals surface area (Å²) in [5, 5.41) is 2.87. The molecule has 2 heterocycles. The topological polar surface area (TPSA) is 79.6 Å². The summed E-state index contributed by atoms with van der Waals surface area (Å²) in [6.45, 7) is 0.219. The lowest BCUT2D eigenvalue weighted by Gasteiger charge is -2.37. The van der Waals surface area contributed by atoms with Gasteiger partial charge in [0.1, 0.15) is 11.8 Å². The molecular weight excluding hydrogens is 392 g/mol. The fourth-order valence-corrected chi connectivity index (χ4v) is 6.13. The second kappa shape index (κ2) is 6.94. The van der Waals surface area contributed by atoms with Crippen LogP contribution in [0.3, 0.4) is 0 Å². The molecule has 1 aromatic carbocycles. The Labute approximate surface area is 180 Å². The van der Waals surface area contributed by atoms with Crippen molar-refractivity contribution in [3.8, 4) is 0 Å². The van der Waals surface area contributed by atoms with E-state index in [4.69, 9.17) is 4.42 Å². The second-order valence-electron chi connectivity index (χ2n) is 9.20. The molecule has 7 rings (SSSR count). The van der Waals surface area contributed by atoms with Crippen LogP contribution in [0.15, 0.2) is 65.3 Å². The number of likely N-dealkylation sites (tertiary alicyclic amines) is 1. The monoisotopic (exact) mass is 416 g/mol. The number of nitrogens with zero attached hydrogens (tertiary/aromatic N) is 1. The van der Waals surface area contributed by atoms with E-state index in [0.717, 1.165) is 12.0 Å². The second-order valence-corrected chi connectivity index (χ2v) is 9.20. The molecule has 6 nitrogen and oxygen atoms in total. The zero-order valence-electron chi connectivity index (χ0n) is 17.0. The predicted octanol–water partition coefficient (Wildman–Crippen LogP) is 2.56. The van der Waals surface area contributed by atoms with Gasteiger partial charge >= 0.3 is 0 Å². The number of hydrogen-bond donors (Lipinski definition) is 1. The third kappa shape index (κ3) is 2.88. The van der Waals surface area contributed by atoms with Gasteiger partial charge in [-0.05, 0) is 47.8 Å². The first-order valence-corrected chi connectivity index (χ1v) is 11.0. The molecule has 0 unspecified atom stereocenters. The minimum Gasteiger partial charge on any atom is -0.467 e. The lowest BCUT2D eigenvalue weighted by atomic mass is 9.63. The SMILES string of the molecule is O=C(NCc1ccco1)[C@H](Cc1ccccc1)N1C(=O)[C@@H]2[C@H]3C=C[C@@H]([C@@H]4C[C@H]34)[C@@H]2C1=O. The molecule has 31 heavy (non-hydrogen) atoms. The van der Waals surface area contributed by atoms with Crippen molar-refractivity contribution < 1.29 is 18.8 Å². The Morgan fingerprint density at radius 3 is 2.29 bits per heavy atom. The lowest BCUT2D eigenvalue weighted by molar-refractivity contribution is -0.148. The van der Waals surface area contributed by atoms with Crippen molar-refractivity contribution in [3.63, 3.8) is 0 Å². The fraction of sp³-hybridized carbons (Fsp3) is 0.400. The number of amides is 3. The molecule has 0 radical (unpaired) electrons. The van der Waals surface area contributed by atoms with Gasteiger partial charge in [-0.25, -0.2) is 0 Å². The number of carbonyl (C=O) groups excluding carboxylic acids is 3. The molecule has 3 fully saturated rings. The lowest BCUT2D eigenvalue weighted by Crippen LogP contribution is -2.51. The van der Waals surface area contributed by atoms with Crippen LogP contribution in [0.25, 0.3) is 0 Å². The van der Waals surface area contributed by atoms with E-state index in [-0.39, 0.29) is 47.9 Å². The zero-order valence-corrected chi connectivity index (χ0v) is 17.0. The predicted molar refractivity (Wildman–Crippen MR) is 111 cm³/mol. The molecule has 1 aliphatic heterocycles. The molecule has 4 aliphatic carbocycles. The van der Waals surface area contributed by atoms with Gasteiger partial charge in [0.05, 0.1) is 24.6 Å². The van der Waals surface area contributed by atoms with E-state index < -0.39 is 6.04 Å². The van der Waals surface area contributed by atoms with Crippen molar-refractivity contribution in [2.24, 2.45) is 35.5 Å². The average molecular weight is 416 g/mol. The van der Waals surface area contributed by atoms with Gasteiger partial charge in [-0.15, -0.1) is 0 Å². The first-order chi connectivity index (χ1) is 15.1. The molecule has 2 bridgehead atoms. The molecule has 5 aliphatic rings. The van der Waals surface area contributed by atoms with E-state index in [1.54, 1.807) is 18.4 Å². The van der Waals surface area contributed by atoms with Crippen LogP contribution in [-0.4, -0.2) is 28.7 Å². The summed E-state index contributed by atoms with van der Waals surface area (Å²) >= 11 is 0. The molecule has 2 saturated carbocycles. The van der Waals surface area contributed by atoms with Gasteiger partial charge in [-0.2, -0.15) is 0 Å². The van der Waals surface area contributed by atoms with Crippen LogP contribution in [0.2, 0.25) is 0 Å². The summed E-state index contributed by atoms with van der Waals surface area (Å²) in [7, 11) is 0. The maximum Gasteiger partial charge on any atom is 0.244 e. The van der Waals surface area contributed by atoms with Crippen molar-refractivity contribution in [1.29, 1.82) is 0 Å². The highest BCUT2D eigenvalue weighted by molar-refractivity contribution is 6.09. The molecular formula is C25H24N2O4. The van der Waals surface area contributed by atoms with Crippen molar-refractivity contribution in [1.82, 2.24) is 10.2 Å². The van der Waals surface area contributed by atoms with E-state index in [1.165, 1.54) is 4.90 Å². The normalized spacial score (nSPS) is 33.2. The molecule has 7 atom stereocenters. The molecule has 6 heteroatoms. The van der Waals surface area contributed by atoms with Crippen LogP contribution in [0.1, 0.15) is 17.7 Å². The third-order valence-corrected chi connectivity index (χ3v) is 7.60. The van der Waals surface area contributed by atoms with Gasteiger partial charge in [0.15, 0.2) is 0 Å². The van der Waals surface area contributed by atoms with Gasteiger partial charge in [0, 0.05) is 6.42 Å². The fourth-order valence-electron chi connectivity index (χ4n) is 6.13. The molecule has 1 saturated heterocycles. The van der Waals surface area contributed by atoms with Crippen molar-refractivity contribution in [2.45, 2.75) is 25.4 Å². The van der Waals surface area contributed by atoms with Gasteiger partial charge in [0.2, 0.25) is 17.7 Å². The number of benzene rings is 1. The smallest absolute Gasteiger partial charge is 0.244 e. The Hall–Kier alpha value is -3.15. The maximum absolute atomic E-state index is 13.5. The Morgan fingerprint density at radius 2 is 1.68 bits per heavy atom. The van der Waals surface area contributed by atoms with Crippen molar-refractivity contribution in [3.05, 3.63) is 72.2 Å². The van der Waals surface area contributed by atoms with Gasteiger partial charge in [-0.3, -0.25) is 19.3 Å². The molecule has 1 aromatic heterocycles. The van der Waals surface area contributed by atoms with Crippen LogP contribution >= 0.6 is 0 Å². The van der Waals surface area contributed by atoms with Crippen LogP contribution < -0.4 is 5.32 Å².